The zero-order chi connectivity index (χ0) is 21.0. The molecule has 2 aromatic heterocycles. The van der Waals surface area contributed by atoms with Crippen molar-refractivity contribution in [3.05, 3.63) is 48.7 Å². The number of fused-ring (bicyclic) bond motifs is 1. The molecule has 3 heterocycles. The molecule has 0 aliphatic carbocycles. The van der Waals surface area contributed by atoms with Crippen molar-refractivity contribution >= 4 is 28.3 Å². The number of ketones is 1. The summed E-state index contributed by atoms with van der Waals surface area (Å²) in [6, 6.07) is 13.3. The van der Waals surface area contributed by atoms with Gasteiger partial charge in [0.1, 0.15) is 12.4 Å². The lowest BCUT2D eigenvalue weighted by Gasteiger charge is -2.08. The normalized spacial score (nSPS) is 15.9. The van der Waals surface area contributed by atoms with Crippen LogP contribution in [0.2, 0.25) is 0 Å². The van der Waals surface area contributed by atoms with Gasteiger partial charge in [-0.05, 0) is 54.8 Å². The van der Waals surface area contributed by atoms with Gasteiger partial charge in [0.15, 0.2) is 11.6 Å². The van der Waals surface area contributed by atoms with Crippen molar-refractivity contribution in [3.8, 4) is 17.1 Å². The third kappa shape index (κ3) is 4.56. The number of nitrogens with zero attached hydrogens (tertiary/aromatic N) is 3. The Balaban J connectivity index is 1.18. The third-order valence-corrected chi connectivity index (χ3v) is 5.25. The Morgan fingerprint density at radius 1 is 1.19 bits per heavy atom. The van der Waals surface area contributed by atoms with Gasteiger partial charge in [0.05, 0.1) is 11.7 Å². The molecule has 9 heteroatoms. The topological polar surface area (TPSA) is 118 Å². The molecule has 2 aromatic carbocycles. The van der Waals surface area contributed by atoms with E-state index in [0.29, 0.717) is 36.5 Å². The van der Waals surface area contributed by atoms with Crippen molar-refractivity contribution < 1.29 is 14.3 Å². The summed E-state index contributed by atoms with van der Waals surface area (Å²) in [5.74, 6) is 2.18. The molecule has 4 aromatic rings. The fourth-order valence-electron chi connectivity index (χ4n) is 3.59. The van der Waals surface area contributed by atoms with Gasteiger partial charge in [-0.3, -0.25) is 15.0 Å². The molecule has 1 saturated heterocycles. The van der Waals surface area contributed by atoms with Crippen molar-refractivity contribution in [3.63, 3.8) is 0 Å². The minimum atomic E-state index is 0.0766. The number of anilines is 2. The number of carbonyl (C=O) groups is 1. The van der Waals surface area contributed by atoms with Crippen LogP contribution in [0.4, 0.5) is 11.6 Å². The van der Waals surface area contributed by atoms with E-state index < -0.39 is 0 Å². The van der Waals surface area contributed by atoms with E-state index in [0.717, 1.165) is 35.2 Å². The van der Waals surface area contributed by atoms with E-state index in [1.165, 1.54) is 0 Å². The van der Waals surface area contributed by atoms with E-state index in [9.17, 15) is 4.79 Å². The van der Waals surface area contributed by atoms with E-state index in [1.807, 2.05) is 42.5 Å². The van der Waals surface area contributed by atoms with Crippen molar-refractivity contribution in [1.29, 1.82) is 0 Å². The van der Waals surface area contributed by atoms with Crippen molar-refractivity contribution in [2.24, 2.45) is 5.92 Å². The first-order valence-corrected chi connectivity index (χ1v) is 10.2. The van der Waals surface area contributed by atoms with Crippen LogP contribution in [0, 0.1) is 5.92 Å². The fraction of sp³-hybridized carbons (Fsp3) is 0.273. The predicted molar refractivity (Wildman–Crippen MR) is 115 cm³/mol. The Morgan fingerprint density at radius 2 is 2.10 bits per heavy atom. The average molecular weight is 418 g/mol. The van der Waals surface area contributed by atoms with Gasteiger partial charge in [-0.2, -0.15) is 10.1 Å². The maximum absolute atomic E-state index is 12.1. The summed E-state index contributed by atoms with van der Waals surface area (Å²) in [4.78, 5) is 16.6. The Morgan fingerprint density at radius 3 is 2.94 bits per heavy atom. The Bertz CT molecular complexity index is 1180. The molecular weight excluding hydrogens is 396 g/mol. The molecular formula is C22H22N6O3. The second-order valence-electron chi connectivity index (χ2n) is 7.59. The van der Waals surface area contributed by atoms with Crippen LogP contribution in [0.15, 0.2) is 48.7 Å². The molecule has 0 spiro atoms. The number of hydrogen-bond donors (Lipinski definition) is 3. The lowest BCUT2D eigenvalue weighted by Crippen LogP contribution is -2.15. The Labute approximate surface area is 178 Å². The molecule has 0 bridgehead atoms. The number of aromatic amines is 2. The van der Waals surface area contributed by atoms with Gasteiger partial charge in [-0.15, -0.1) is 5.10 Å². The molecule has 31 heavy (non-hydrogen) atoms. The van der Waals surface area contributed by atoms with Crippen molar-refractivity contribution in [1.82, 2.24) is 25.4 Å². The largest absolute Gasteiger partial charge is 0.486 e. The maximum atomic E-state index is 12.1. The highest BCUT2D eigenvalue weighted by Gasteiger charge is 2.19. The summed E-state index contributed by atoms with van der Waals surface area (Å²) >= 11 is 0. The van der Waals surface area contributed by atoms with Crippen molar-refractivity contribution in [2.45, 2.75) is 12.8 Å². The van der Waals surface area contributed by atoms with Crippen LogP contribution >= 0.6 is 0 Å². The molecule has 0 amide bonds. The van der Waals surface area contributed by atoms with E-state index >= 15 is 0 Å². The van der Waals surface area contributed by atoms with Gasteiger partial charge in [-0.25, -0.2) is 0 Å². The third-order valence-electron chi connectivity index (χ3n) is 5.25. The Hall–Kier alpha value is -3.72. The average Bonchev–Trinajstić information content (AvgIpc) is 3.55. The standard InChI is InChI=1S/C22H22N6O3/c29-18(9-14-7-8-30-12-14)13-31-19-4-1-15(2-5-19)21-25-22(28-27-21)24-17-3-6-20-16(10-17)11-23-26-20/h1-6,10-11,14H,7-9,12-13H2,(H,23,26)(H2,24,25,27,28). The zero-order valence-corrected chi connectivity index (χ0v) is 16.8. The number of ether oxygens (including phenoxy) is 2. The number of carbonyl (C=O) groups excluding carboxylic acids is 1. The molecule has 158 valence electrons. The minimum absolute atomic E-state index is 0.0766. The van der Waals surface area contributed by atoms with Crippen LogP contribution in [0.1, 0.15) is 12.8 Å². The lowest BCUT2D eigenvalue weighted by atomic mass is 10.0. The van der Waals surface area contributed by atoms with Crippen molar-refractivity contribution in [2.75, 3.05) is 25.1 Å². The molecule has 1 atom stereocenters. The molecule has 0 saturated carbocycles. The molecule has 1 unspecified atom stereocenters. The summed E-state index contributed by atoms with van der Waals surface area (Å²) in [5.41, 5.74) is 2.71. The molecule has 1 fully saturated rings. The molecule has 9 nitrogen and oxygen atoms in total. The summed E-state index contributed by atoms with van der Waals surface area (Å²) < 4.78 is 10.9. The smallest absolute Gasteiger partial charge is 0.246 e. The van der Waals surface area contributed by atoms with Gasteiger partial charge >= 0.3 is 0 Å². The molecule has 1 aliphatic rings. The van der Waals surface area contributed by atoms with Gasteiger partial charge in [0, 0.05) is 36.3 Å². The van der Waals surface area contributed by atoms with E-state index in [1.54, 1.807) is 6.20 Å². The zero-order valence-electron chi connectivity index (χ0n) is 16.8. The fourth-order valence-corrected chi connectivity index (χ4v) is 3.59. The summed E-state index contributed by atoms with van der Waals surface area (Å²) in [5, 5.41) is 18.3. The van der Waals surface area contributed by atoms with E-state index in [2.05, 4.69) is 30.7 Å². The van der Waals surface area contributed by atoms with Crippen LogP contribution < -0.4 is 10.1 Å². The Kier molecular flexibility index (Phi) is 5.32. The highest BCUT2D eigenvalue weighted by molar-refractivity contribution is 5.82. The number of hydrogen-bond acceptors (Lipinski definition) is 7. The number of rotatable bonds is 8. The highest BCUT2D eigenvalue weighted by atomic mass is 16.5. The number of benzene rings is 2. The summed E-state index contributed by atoms with van der Waals surface area (Å²) in [7, 11) is 0. The van der Waals surface area contributed by atoms with Gasteiger partial charge < -0.3 is 14.8 Å². The second kappa shape index (κ2) is 8.57. The first-order valence-electron chi connectivity index (χ1n) is 10.2. The van der Waals surface area contributed by atoms with E-state index in [4.69, 9.17) is 9.47 Å². The van der Waals surface area contributed by atoms with Crippen LogP contribution in [0.5, 0.6) is 5.75 Å². The predicted octanol–water partition coefficient (Wildman–Crippen LogP) is 3.47. The van der Waals surface area contributed by atoms with E-state index in [-0.39, 0.29) is 12.4 Å². The summed E-state index contributed by atoms with van der Waals surface area (Å²) in [6.45, 7) is 1.50. The number of Topliss-reactive ketones (excluding diaryl/α,β-unsaturated/α-hetero) is 1. The first kappa shape index (κ1) is 19.3. The maximum Gasteiger partial charge on any atom is 0.246 e. The van der Waals surface area contributed by atoms with Crippen LogP contribution in [0.3, 0.4) is 0 Å². The van der Waals surface area contributed by atoms with Gasteiger partial charge in [0.2, 0.25) is 5.95 Å². The van der Waals surface area contributed by atoms with Gasteiger partial charge in [0.25, 0.3) is 0 Å². The van der Waals surface area contributed by atoms with Crippen LogP contribution in [0.25, 0.3) is 22.3 Å². The molecule has 5 rings (SSSR count). The highest BCUT2D eigenvalue weighted by Crippen LogP contribution is 2.23. The van der Waals surface area contributed by atoms with Crippen LogP contribution in [-0.4, -0.2) is 51.0 Å². The number of aromatic nitrogens is 5. The molecule has 0 radical (unpaired) electrons. The SMILES string of the molecule is O=C(COc1ccc(-c2nc(Nc3ccc4[nH]ncc4c3)n[nH]2)cc1)CC1CCOC1. The quantitative estimate of drug-likeness (QED) is 0.401. The monoisotopic (exact) mass is 418 g/mol. The molecule has 3 N–H and O–H groups in total. The number of nitrogens with one attached hydrogen (secondary N) is 3. The van der Waals surface area contributed by atoms with Crippen LogP contribution in [-0.2, 0) is 9.53 Å². The summed E-state index contributed by atoms with van der Waals surface area (Å²) in [6.07, 6.45) is 3.23. The lowest BCUT2D eigenvalue weighted by molar-refractivity contribution is -0.121. The number of H-pyrrole nitrogens is 2. The molecule has 1 aliphatic heterocycles. The first-order chi connectivity index (χ1) is 15.2. The second-order valence-corrected chi connectivity index (χ2v) is 7.59. The van der Waals surface area contributed by atoms with Gasteiger partial charge in [-0.1, -0.05) is 0 Å². The minimum Gasteiger partial charge on any atom is -0.486 e.